The Labute approximate surface area is 119 Å². The van der Waals surface area contributed by atoms with E-state index in [0.29, 0.717) is 17.0 Å². The van der Waals surface area contributed by atoms with Crippen LogP contribution < -0.4 is 16.4 Å². The van der Waals surface area contributed by atoms with E-state index in [1.807, 2.05) is 6.07 Å². The lowest BCUT2D eigenvalue weighted by Gasteiger charge is -2.43. The second kappa shape index (κ2) is 5.33. The summed E-state index contributed by atoms with van der Waals surface area (Å²) in [6, 6.07) is 4.21. The van der Waals surface area contributed by atoms with Crippen LogP contribution in [0.3, 0.4) is 0 Å². The minimum Gasteiger partial charge on any atom is -0.384 e. The maximum Gasteiger partial charge on any atom is 0.171 e. The number of rotatable bonds is 2. The van der Waals surface area contributed by atoms with Crippen LogP contribution in [0.15, 0.2) is 18.3 Å². The quantitative estimate of drug-likeness (QED) is 0.725. The van der Waals surface area contributed by atoms with Crippen molar-refractivity contribution in [1.82, 2.24) is 10.3 Å². The summed E-state index contributed by atoms with van der Waals surface area (Å²) >= 11 is 5.38. The minimum atomic E-state index is 0.522. The minimum absolute atomic E-state index is 0.522. The normalized spacial score (nSPS) is 28.9. The molecule has 0 aliphatic heterocycles. The van der Waals surface area contributed by atoms with Crippen molar-refractivity contribution in [3.05, 3.63) is 18.3 Å². The van der Waals surface area contributed by atoms with Crippen LogP contribution >= 0.6 is 12.2 Å². The number of nitrogens with one attached hydrogen (secondary N) is 2. The predicted molar refractivity (Wildman–Crippen MR) is 81.9 cm³/mol. The van der Waals surface area contributed by atoms with Gasteiger partial charge in [0.2, 0.25) is 0 Å². The molecule has 1 atom stereocenters. The van der Waals surface area contributed by atoms with Crippen LogP contribution in [0.25, 0.3) is 0 Å². The summed E-state index contributed by atoms with van der Waals surface area (Å²) in [5, 5.41) is 7.35. The van der Waals surface area contributed by atoms with Crippen molar-refractivity contribution in [3.63, 3.8) is 0 Å². The summed E-state index contributed by atoms with van der Waals surface area (Å²) in [7, 11) is 0. The Bertz CT molecular complexity index is 451. The molecule has 4 nitrogen and oxygen atoms in total. The van der Waals surface area contributed by atoms with Gasteiger partial charge in [-0.25, -0.2) is 4.98 Å². The monoisotopic (exact) mass is 276 g/mol. The van der Waals surface area contributed by atoms with Crippen molar-refractivity contribution in [3.8, 4) is 0 Å². The van der Waals surface area contributed by atoms with E-state index in [9.17, 15) is 0 Å². The van der Waals surface area contributed by atoms with Crippen molar-refractivity contribution in [2.75, 3.05) is 11.1 Å². The zero-order chi connectivity index (χ0) is 13.2. The zero-order valence-corrected chi connectivity index (χ0v) is 11.7. The fraction of sp³-hybridized carbons (Fsp3) is 0.571. The summed E-state index contributed by atoms with van der Waals surface area (Å²) in [5.41, 5.74) is 6.44. The summed E-state index contributed by atoms with van der Waals surface area (Å²) in [5.74, 6) is 2.23. The molecule has 3 aliphatic carbocycles. The van der Waals surface area contributed by atoms with Gasteiger partial charge in [0.05, 0.1) is 11.9 Å². The third kappa shape index (κ3) is 2.97. The van der Waals surface area contributed by atoms with Gasteiger partial charge < -0.3 is 16.4 Å². The topological polar surface area (TPSA) is 63.0 Å². The van der Waals surface area contributed by atoms with Crippen LogP contribution in [-0.2, 0) is 0 Å². The molecule has 3 aliphatic rings. The summed E-state index contributed by atoms with van der Waals surface area (Å²) < 4.78 is 0. The van der Waals surface area contributed by atoms with Gasteiger partial charge in [0.15, 0.2) is 5.11 Å². The predicted octanol–water partition coefficient (Wildman–Crippen LogP) is 2.53. The lowest BCUT2D eigenvalue weighted by atomic mass is 9.68. The molecular formula is C14H20N4S. The average Bonchev–Trinajstić information content (AvgIpc) is 2.43. The van der Waals surface area contributed by atoms with Gasteiger partial charge in [-0.05, 0) is 55.4 Å². The number of aromatic nitrogens is 1. The number of anilines is 2. The zero-order valence-electron chi connectivity index (χ0n) is 10.9. The SMILES string of the molecule is Nc1ccc(NC(=S)N[C@H]2CC3CCC2CC3)cn1. The van der Waals surface area contributed by atoms with Gasteiger partial charge in [-0.2, -0.15) is 0 Å². The Morgan fingerprint density at radius 2 is 2.05 bits per heavy atom. The summed E-state index contributed by atoms with van der Waals surface area (Å²) in [6.45, 7) is 0. The molecule has 2 bridgehead atoms. The van der Waals surface area contributed by atoms with Gasteiger partial charge in [-0.3, -0.25) is 0 Å². The van der Waals surface area contributed by atoms with Gasteiger partial charge in [0.25, 0.3) is 0 Å². The Hall–Kier alpha value is -1.36. The number of nitrogen functional groups attached to an aromatic ring is 1. The first-order chi connectivity index (χ1) is 9.20. The molecule has 0 saturated heterocycles. The van der Waals surface area contributed by atoms with Crippen molar-refractivity contribution < 1.29 is 0 Å². The molecular weight excluding hydrogens is 256 g/mol. The number of nitrogens with two attached hydrogens (primary N) is 1. The van der Waals surface area contributed by atoms with Gasteiger partial charge in [-0.15, -0.1) is 0 Å². The van der Waals surface area contributed by atoms with E-state index in [2.05, 4.69) is 15.6 Å². The first-order valence-electron chi connectivity index (χ1n) is 7.00. The van der Waals surface area contributed by atoms with Crippen molar-refractivity contribution in [2.24, 2.45) is 11.8 Å². The Balaban J connectivity index is 1.55. The second-order valence-electron chi connectivity index (χ2n) is 5.69. The van der Waals surface area contributed by atoms with E-state index < -0.39 is 0 Å². The Kier molecular flexibility index (Phi) is 3.55. The lowest BCUT2D eigenvalue weighted by molar-refractivity contribution is 0.136. The van der Waals surface area contributed by atoms with Gasteiger partial charge in [-0.1, -0.05) is 12.8 Å². The maximum absolute atomic E-state index is 5.56. The van der Waals surface area contributed by atoms with Gasteiger partial charge in [0.1, 0.15) is 5.82 Å². The molecule has 5 heteroatoms. The van der Waals surface area contributed by atoms with E-state index >= 15 is 0 Å². The number of hydrogen-bond donors (Lipinski definition) is 3. The summed E-state index contributed by atoms with van der Waals surface area (Å²) in [4.78, 5) is 4.05. The molecule has 0 amide bonds. The van der Waals surface area contributed by atoms with Crippen LogP contribution in [0.4, 0.5) is 11.5 Å². The first-order valence-corrected chi connectivity index (χ1v) is 7.40. The standard InChI is InChI=1S/C14H20N4S/c15-13-6-5-11(8-16-13)17-14(19)18-12-7-9-1-3-10(12)4-2-9/h5-6,8-10,12H,1-4,7H2,(H2,15,16)(H2,17,18,19)/t9?,10?,12-/m0/s1. The van der Waals surface area contributed by atoms with Crippen LogP contribution in [-0.4, -0.2) is 16.1 Å². The molecule has 3 saturated carbocycles. The van der Waals surface area contributed by atoms with Crippen LogP contribution in [0.2, 0.25) is 0 Å². The van der Waals surface area contributed by atoms with Crippen molar-refractivity contribution in [2.45, 2.75) is 38.1 Å². The second-order valence-corrected chi connectivity index (χ2v) is 6.10. The molecule has 0 radical (unpaired) electrons. The molecule has 4 rings (SSSR count). The maximum atomic E-state index is 5.56. The van der Waals surface area contributed by atoms with Crippen molar-refractivity contribution >= 4 is 28.8 Å². The van der Waals surface area contributed by atoms with E-state index in [1.165, 1.54) is 32.1 Å². The van der Waals surface area contributed by atoms with Gasteiger partial charge >= 0.3 is 0 Å². The average molecular weight is 276 g/mol. The fourth-order valence-corrected chi connectivity index (χ4v) is 3.64. The van der Waals surface area contributed by atoms with Crippen LogP contribution in [0.5, 0.6) is 0 Å². The highest BCUT2D eigenvalue weighted by molar-refractivity contribution is 7.80. The van der Waals surface area contributed by atoms with E-state index in [0.717, 1.165) is 17.5 Å². The molecule has 1 aromatic heterocycles. The highest BCUT2D eigenvalue weighted by Gasteiger charge is 2.35. The lowest BCUT2D eigenvalue weighted by Crippen LogP contribution is -2.48. The number of pyridine rings is 1. The Morgan fingerprint density at radius 1 is 1.26 bits per heavy atom. The van der Waals surface area contributed by atoms with E-state index in [1.54, 1.807) is 12.3 Å². The largest absolute Gasteiger partial charge is 0.384 e. The van der Waals surface area contributed by atoms with Gasteiger partial charge in [0, 0.05) is 6.04 Å². The highest BCUT2D eigenvalue weighted by atomic mass is 32.1. The number of fused-ring (bicyclic) bond motifs is 3. The molecule has 0 unspecified atom stereocenters. The molecule has 3 fully saturated rings. The third-order valence-corrected chi connectivity index (χ3v) is 4.63. The highest BCUT2D eigenvalue weighted by Crippen LogP contribution is 2.41. The fourth-order valence-electron chi connectivity index (χ4n) is 3.37. The van der Waals surface area contributed by atoms with E-state index in [-0.39, 0.29) is 0 Å². The van der Waals surface area contributed by atoms with E-state index in [4.69, 9.17) is 18.0 Å². The number of thiocarbonyl (C=S) groups is 1. The Morgan fingerprint density at radius 3 is 2.63 bits per heavy atom. The van der Waals surface area contributed by atoms with Crippen LogP contribution in [0, 0.1) is 11.8 Å². The van der Waals surface area contributed by atoms with Crippen molar-refractivity contribution in [1.29, 1.82) is 0 Å². The molecule has 4 N–H and O–H groups in total. The molecule has 102 valence electrons. The third-order valence-electron chi connectivity index (χ3n) is 4.41. The molecule has 0 spiro atoms. The smallest absolute Gasteiger partial charge is 0.171 e. The van der Waals surface area contributed by atoms with Crippen LogP contribution in [0.1, 0.15) is 32.1 Å². The molecule has 1 heterocycles. The summed E-state index contributed by atoms with van der Waals surface area (Å²) in [6.07, 6.45) is 8.50. The molecule has 0 aromatic carbocycles. The number of hydrogen-bond acceptors (Lipinski definition) is 3. The molecule has 1 aromatic rings. The first kappa shape index (κ1) is 12.7. The molecule has 19 heavy (non-hydrogen) atoms. The number of nitrogens with zero attached hydrogens (tertiary/aromatic N) is 1.